The molecule has 0 aliphatic rings. The van der Waals surface area contributed by atoms with E-state index in [1.165, 1.54) is 11.0 Å². The van der Waals surface area contributed by atoms with Gasteiger partial charge in [-0.15, -0.1) is 0 Å². The molecule has 102 valence electrons. The minimum Gasteiger partial charge on any atom is -0.350 e. The third-order valence-corrected chi connectivity index (χ3v) is 2.66. The van der Waals surface area contributed by atoms with E-state index < -0.39 is 0 Å². The van der Waals surface area contributed by atoms with Gasteiger partial charge >= 0.3 is 0 Å². The molecule has 1 rings (SSSR count). The highest BCUT2D eigenvalue weighted by atomic mass is 16.2. The molecule has 0 aromatic carbocycles. The van der Waals surface area contributed by atoms with E-state index in [2.05, 4.69) is 16.9 Å². The number of nitrogens with zero attached hydrogens (tertiary/aromatic N) is 2. The number of hydrogen-bond acceptors (Lipinski definition) is 3. The lowest BCUT2D eigenvalue weighted by molar-refractivity contribution is -0.132. The van der Waals surface area contributed by atoms with E-state index in [4.69, 9.17) is 0 Å². The number of carbonyl (C=O) groups is 2. The van der Waals surface area contributed by atoms with E-state index in [1.54, 1.807) is 6.20 Å². The number of hydrogen-bond donors (Lipinski definition) is 1. The number of pyridine rings is 1. The molecule has 19 heavy (non-hydrogen) atoms. The van der Waals surface area contributed by atoms with E-state index in [1.807, 2.05) is 26.0 Å². The number of aromatic nitrogens is 1. The van der Waals surface area contributed by atoms with Crippen molar-refractivity contribution in [1.29, 1.82) is 0 Å². The molecule has 0 atom stereocenters. The predicted molar refractivity (Wildman–Crippen MR) is 73.3 cm³/mol. The van der Waals surface area contributed by atoms with E-state index in [0.29, 0.717) is 13.1 Å². The van der Waals surface area contributed by atoms with Crippen molar-refractivity contribution in [2.75, 3.05) is 13.1 Å². The Hall–Kier alpha value is -2.17. The molecule has 0 unspecified atom stereocenters. The Bertz CT molecular complexity index is 454. The van der Waals surface area contributed by atoms with E-state index >= 15 is 0 Å². The van der Waals surface area contributed by atoms with Crippen LogP contribution in [0.25, 0.3) is 0 Å². The molecule has 1 heterocycles. The highest BCUT2D eigenvalue weighted by Gasteiger charge is 2.12. The lowest BCUT2D eigenvalue weighted by Crippen LogP contribution is -2.39. The van der Waals surface area contributed by atoms with Gasteiger partial charge in [-0.3, -0.25) is 14.6 Å². The number of carbonyl (C=O) groups excluding carboxylic acids is 2. The van der Waals surface area contributed by atoms with Crippen molar-refractivity contribution in [3.8, 4) is 0 Å². The van der Waals surface area contributed by atoms with Crippen LogP contribution in [0.1, 0.15) is 18.2 Å². The molecule has 1 aromatic heterocycles. The predicted octanol–water partition coefficient (Wildman–Crippen LogP) is 1.04. The summed E-state index contributed by atoms with van der Waals surface area (Å²) in [5, 5.41) is 2.76. The first-order valence-corrected chi connectivity index (χ1v) is 6.16. The summed E-state index contributed by atoms with van der Waals surface area (Å²) in [4.78, 5) is 28.7. The van der Waals surface area contributed by atoms with Crippen LogP contribution in [-0.4, -0.2) is 34.8 Å². The van der Waals surface area contributed by atoms with Gasteiger partial charge in [-0.05, 0) is 31.6 Å². The maximum absolute atomic E-state index is 11.7. The van der Waals surface area contributed by atoms with Crippen LogP contribution in [0.5, 0.6) is 0 Å². The first kappa shape index (κ1) is 14.9. The van der Waals surface area contributed by atoms with Crippen LogP contribution in [0.3, 0.4) is 0 Å². The molecule has 0 fully saturated rings. The smallest absolute Gasteiger partial charge is 0.246 e. The maximum atomic E-state index is 11.7. The summed E-state index contributed by atoms with van der Waals surface area (Å²) in [7, 11) is 0. The molecular formula is C14H19N3O2. The van der Waals surface area contributed by atoms with Crippen molar-refractivity contribution >= 4 is 11.8 Å². The lowest BCUT2D eigenvalue weighted by atomic mass is 10.2. The molecule has 0 radical (unpaired) electrons. The van der Waals surface area contributed by atoms with Crippen molar-refractivity contribution in [3.05, 3.63) is 42.2 Å². The summed E-state index contributed by atoms with van der Waals surface area (Å²) in [6.45, 7) is 8.06. The van der Waals surface area contributed by atoms with Gasteiger partial charge in [0.15, 0.2) is 0 Å². The average Bonchev–Trinajstić information content (AvgIpc) is 2.43. The fraction of sp³-hybridized carbons (Fsp3) is 0.357. The van der Waals surface area contributed by atoms with Gasteiger partial charge in [0.2, 0.25) is 11.8 Å². The Balaban J connectivity index is 2.44. The number of nitrogens with one attached hydrogen (secondary N) is 1. The van der Waals surface area contributed by atoms with Gasteiger partial charge in [-0.25, -0.2) is 0 Å². The molecular weight excluding hydrogens is 242 g/mol. The van der Waals surface area contributed by atoms with E-state index in [-0.39, 0.29) is 18.4 Å². The highest BCUT2D eigenvalue weighted by Crippen LogP contribution is 1.98. The zero-order valence-corrected chi connectivity index (χ0v) is 11.3. The maximum Gasteiger partial charge on any atom is 0.246 e. The third-order valence-electron chi connectivity index (χ3n) is 2.66. The Morgan fingerprint density at radius 1 is 1.47 bits per heavy atom. The van der Waals surface area contributed by atoms with Gasteiger partial charge in [0.1, 0.15) is 0 Å². The van der Waals surface area contributed by atoms with Crippen molar-refractivity contribution in [2.45, 2.75) is 20.4 Å². The van der Waals surface area contributed by atoms with Crippen LogP contribution < -0.4 is 5.32 Å². The minimum atomic E-state index is -0.241. The van der Waals surface area contributed by atoms with E-state index in [0.717, 1.165) is 11.3 Å². The van der Waals surface area contributed by atoms with E-state index in [9.17, 15) is 9.59 Å². The average molecular weight is 261 g/mol. The second kappa shape index (κ2) is 7.31. The molecule has 0 saturated carbocycles. The molecule has 1 N–H and O–H groups in total. The third kappa shape index (κ3) is 4.91. The fourth-order valence-corrected chi connectivity index (χ4v) is 1.51. The first-order valence-electron chi connectivity index (χ1n) is 6.16. The standard InChI is InChI=1S/C14H19N3O2/c1-4-14(19)17(5-2)10-13(18)16-9-12-7-6-11(3)15-8-12/h4,6-8H,1,5,9-10H2,2-3H3,(H,16,18). The molecule has 0 bridgehead atoms. The summed E-state index contributed by atoms with van der Waals surface area (Å²) < 4.78 is 0. The van der Waals surface area contributed by atoms with Crippen molar-refractivity contribution < 1.29 is 9.59 Å². The lowest BCUT2D eigenvalue weighted by Gasteiger charge is -2.18. The largest absolute Gasteiger partial charge is 0.350 e. The molecule has 5 nitrogen and oxygen atoms in total. The second-order valence-corrected chi connectivity index (χ2v) is 4.14. The Morgan fingerprint density at radius 2 is 2.21 bits per heavy atom. The molecule has 5 heteroatoms. The number of amides is 2. The van der Waals surface area contributed by atoms with Crippen LogP contribution in [-0.2, 0) is 16.1 Å². The monoisotopic (exact) mass is 261 g/mol. The summed E-state index contributed by atoms with van der Waals surface area (Å²) in [6, 6.07) is 3.80. The zero-order valence-electron chi connectivity index (χ0n) is 11.3. The van der Waals surface area contributed by atoms with Crippen LogP contribution in [0.2, 0.25) is 0 Å². The Morgan fingerprint density at radius 3 is 2.74 bits per heavy atom. The van der Waals surface area contributed by atoms with Gasteiger partial charge in [0.25, 0.3) is 0 Å². The number of aryl methyl sites for hydroxylation is 1. The minimum absolute atomic E-state index is 0.0423. The topological polar surface area (TPSA) is 62.3 Å². The normalized spacial score (nSPS) is 9.79. The molecule has 1 aromatic rings. The van der Waals surface area contributed by atoms with Gasteiger partial charge in [0, 0.05) is 25.0 Å². The summed E-state index contributed by atoms with van der Waals surface area (Å²) in [5.41, 5.74) is 1.86. The first-order chi connectivity index (χ1) is 9.06. The van der Waals surface area contributed by atoms with Crippen molar-refractivity contribution in [2.24, 2.45) is 0 Å². The van der Waals surface area contributed by atoms with Crippen molar-refractivity contribution in [1.82, 2.24) is 15.2 Å². The number of rotatable bonds is 6. The quantitative estimate of drug-likeness (QED) is 0.778. The highest BCUT2D eigenvalue weighted by molar-refractivity contribution is 5.90. The van der Waals surface area contributed by atoms with Gasteiger partial charge in [-0.2, -0.15) is 0 Å². The van der Waals surface area contributed by atoms with Crippen LogP contribution in [0, 0.1) is 6.92 Å². The molecule has 2 amide bonds. The molecule has 0 saturated heterocycles. The fourth-order valence-electron chi connectivity index (χ4n) is 1.51. The molecule has 0 aliphatic carbocycles. The zero-order chi connectivity index (χ0) is 14.3. The van der Waals surface area contributed by atoms with Gasteiger partial charge in [0.05, 0.1) is 6.54 Å². The summed E-state index contributed by atoms with van der Waals surface area (Å²) >= 11 is 0. The van der Waals surface area contributed by atoms with Crippen LogP contribution in [0.15, 0.2) is 31.0 Å². The van der Waals surface area contributed by atoms with Crippen LogP contribution >= 0.6 is 0 Å². The summed E-state index contributed by atoms with van der Waals surface area (Å²) in [5.74, 6) is -0.438. The molecule has 0 spiro atoms. The van der Waals surface area contributed by atoms with Gasteiger partial charge in [-0.1, -0.05) is 12.6 Å². The molecule has 0 aliphatic heterocycles. The Labute approximate surface area is 113 Å². The second-order valence-electron chi connectivity index (χ2n) is 4.14. The van der Waals surface area contributed by atoms with Gasteiger partial charge < -0.3 is 10.2 Å². The number of likely N-dealkylation sites (N-methyl/N-ethyl adjacent to an activating group) is 1. The van der Waals surface area contributed by atoms with Crippen LogP contribution in [0.4, 0.5) is 0 Å². The Kier molecular flexibility index (Phi) is 5.73. The SMILES string of the molecule is C=CC(=O)N(CC)CC(=O)NCc1ccc(C)nc1. The summed E-state index contributed by atoms with van der Waals surface area (Å²) in [6.07, 6.45) is 2.93. The van der Waals surface area contributed by atoms with Crippen molar-refractivity contribution in [3.63, 3.8) is 0 Å².